The SMILES string of the molecule is C[C@H](NCc1cccc(CN2CCOCC2)c1)c1ccccc1F. The summed E-state index contributed by atoms with van der Waals surface area (Å²) in [6, 6.07) is 15.5. The molecule has 2 aromatic rings. The predicted molar refractivity (Wildman–Crippen MR) is 94.2 cm³/mol. The van der Waals surface area contributed by atoms with Gasteiger partial charge in [-0.3, -0.25) is 4.90 Å². The molecule has 3 rings (SSSR count). The van der Waals surface area contributed by atoms with Gasteiger partial charge < -0.3 is 10.1 Å². The number of ether oxygens (including phenoxy) is 1. The highest BCUT2D eigenvalue weighted by Crippen LogP contribution is 2.17. The lowest BCUT2D eigenvalue weighted by molar-refractivity contribution is 0.0342. The molecule has 1 aliphatic rings. The van der Waals surface area contributed by atoms with E-state index < -0.39 is 0 Å². The normalized spacial score (nSPS) is 16.9. The maximum absolute atomic E-state index is 13.8. The molecule has 0 unspecified atom stereocenters. The second kappa shape index (κ2) is 8.38. The third-order valence-corrected chi connectivity index (χ3v) is 4.49. The van der Waals surface area contributed by atoms with Crippen molar-refractivity contribution in [2.45, 2.75) is 26.1 Å². The van der Waals surface area contributed by atoms with Crippen LogP contribution in [0.1, 0.15) is 29.7 Å². The molecule has 1 saturated heterocycles. The maximum Gasteiger partial charge on any atom is 0.127 e. The minimum absolute atomic E-state index is 0.0194. The lowest BCUT2D eigenvalue weighted by Crippen LogP contribution is -2.35. The summed E-state index contributed by atoms with van der Waals surface area (Å²) in [5.41, 5.74) is 3.25. The minimum Gasteiger partial charge on any atom is -0.379 e. The van der Waals surface area contributed by atoms with Gasteiger partial charge in [0, 0.05) is 37.8 Å². The van der Waals surface area contributed by atoms with Gasteiger partial charge in [-0.2, -0.15) is 0 Å². The molecule has 4 heteroatoms. The molecule has 1 N–H and O–H groups in total. The summed E-state index contributed by atoms with van der Waals surface area (Å²) < 4.78 is 19.2. The zero-order chi connectivity index (χ0) is 16.8. The van der Waals surface area contributed by atoms with Crippen molar-refractivity contribution in [1.82, 2.24) is 10.2 Å². The zero-order valence-electron chi connectivity index (χ0n) is 14.2. The molecule has 0 aromatic heterocycles. The smallest absolute Gasteiger partial charge is 0.127 e. The van der Waals surface area contributed by atoms with E-state index in [0.29, 0.717) is 5.56 Å². The van der Waals surface area contributed by atoms with Gasteiger partial charge in [-0.1, -0.05) is 42.5 Å². The van der Waals surface area contributed by atoms with Crippen LogP contribution < -0.4 is 5.32 Å². The Bertz CT molecular complexity index is 656. The van der Waals surface area contributed by atoms with Crippen molar-refractivity contribution in [3.05, 3.63) is 71.0 Å². The van der Waals surface area contributed by atoms with E-state index in [1.165, 1.54) is 17.2 Å². The van der Waals surface area contributed by atoms with Crippen molar-refractivity contribution in [2.24, 2.45) is 0 Å². The van der Waals surface area contributed by atoms with E-state index in [4.69, 9.17) is 4.74 Å². The first-order valence-corrected chi connectivity index (χ1v) is 8.58. The third-order valence-electron chi connectivity index (χ3n) is 4.49. The van der Waals surface area contributed by atoms with E-state index >= 15 is 0 Å². The summed E-state index contributed by atoms with van der Waals surface area (Å²) in [5.74, 6) is -0.154. The number of nitrogens with zero attached hydrogens (tertiary/aromatic N) is 1. The number of morpholine rings is 1. The largest absolute Gasteiger partial charge is 0.379 e. The summed E-state index contributed by atoms with van der Waals surface area (Å²) in [5, 5.41) is 3.41. The monoisotopic (exact) mass is 328 g/mol. The van der Waals surface area contributed by atoms with Gasteiger partial charge in [-0.15, -0.1) is 0 Å². The fourth-order valence-electron chi connectivity index (χ4n) is 3.06. The molecule has 3 nitrogen and oxygen atoms in total. The second-order valence-corrected chi connectivity index (χ2v) is 6.33. The van der Waals surface area contributed by atoms with Crippen LogP contribution in [0.15, 0.2) is 48.5 Å². The van der Waals surface area contributed by atoms with E-state index in [2.05, 4.69) is 34.5 Å². The van der Waals surface area contributed by atoms with Gasteiger partial charge in [0.25, 0.3) is 0 Å². The van der Waals surface area contributed by atoms with E-state index in [1.807, 2.05) is 19.1 Å². The van der Waals surface area contributed by atoms with Crippen LogP contribution in [0, 0.1) is 5.82 Å². The van der Waals surface area contributed by atoms with Crippen LogP contribution in [0.4, 0.5) is 4.39 Å². The fraction of sp³-hybridized carbons (Fsp3) is 0.400. The Morgan fingerprint density at radius 2 is 1.83 bits per heavy atom. The number of benzene rings is 2. The third kappa shape index (κ3) is 4.63. The Hall–Kier alpha value is -1.75. The first-order chi connectivity index (χ1) is 11.7. The molecule has 1 heterocycles. The highest BCUT2D eigenvalue weighted by atomic mass is 19.1. The molecule has 128 valence electrons. The van der Waals surface area contributed by atoms with Crippen molar-refractivity contribution < 1.29 is 9.13 Å². The van der Waals surface area contributed by atoms with Crippen LogP contribution in [0.5, 0.6) is 0 Å². The molecule has 1 aliphatic heterocycles. The molecule has 1 atom stereocenters. The van der Waals surface area contributed by atoms with E-state index in [9.17, 15) is 4.39 Å². The Balaban J connectivity index is 1.57. The van der Waals surface area contributed by atoms with E-state index in [1.54, 1.807) is 6.07 Å². The first kappa shape index (κ1) is 17.1. The van der Waals surface area contributed by atoms with Crippen molar-refractivity contribution in [3.63, 3.8) is 0 Å². The average molecular weight is 328 g/mol. The Morgan fingerprint density at radius 3 is 2.62 bits per heavy atom. The zero-order valence-corrected chi connectivity index (χ0v) is 14.2. The Morgan fingerprint density at radius 1 is 1.08 bits per heavy atom. The maximum atomic E-state index is 13.8. The topological polar surface area (TPSA) is 24.5 Å². The molecule has 0 amide bonds. The quantitative estimate of drug-likeness (QED) is 0.878. The van der Waals surface area contributed by atoms with Crippen molar-refractivity contribution in [2.75, 3.05) is 26.3 Å². The molecule has 0 radical (unpaired) electrons. The molecule has 0 bridgehead atoms. The second-order valence-electron chi connectivity index (χ2n) is 6.33. The summed E-state index contributed by atoms with van der Waals surface area (Å²) in [4.78, 5) is 2.41. The highest BCUT2D eigenvalue weighted by Gasteiger charge is 2.12. The minimum atomic E-state index is -0.154. The molecule has 1 fully saturated rings. The van der Waals surface area contributed by atoms with Crippen LogP contribution >= 0.6 is 0 Å². The first-order valence-electron chi connectivity index (χ1n) is 8.58. The Kier molecular flexibility index (Phi) is 5.96. The van der Waals surface area contributed by atoms with Crippen LogP contribution in [0.25, 0.3) is 0 Å². The molecular formula is C20H25FN2O. The summed E-state index contributed by atoms with van der Waals surface area (Å²) in [7, 11) is 0. The lowest BCUT2D eigenvalue weighted by Gasteiger charge is -2.26. The van der Waals surface area contributed by atoms with Gasteiger partial charge >= 0.3 is 0 Å². The fourth-order valence-corrected chi connectivity index (χ4v) is 3.06. The summed E-state index contributed by atoms with van der Waals surface area (Å²) >= 11 is 0. The van der Waals surface area contributed by atoms with Gasteiger partial charge in [-0.25, -0.2) is 4.39 Å². The molecular weight excluding hydrogens is 303 g/mol. The van der Waals surface area contributed by atoms with Gasteiger partial charge in [-0.05, 0) is 24.1 Å². The highest BCUT2D eigenvalue weighted by molar-refractivity contribution is 5.24. The van der Waals surface area contributed by atoms with Gasteiger partial charge in [0.05, 0.1) is 13.2 Å². The number of hydrogen-bond donors (Lipinski definition) is 1. The summed E-state index contributed by atoms with van der Waals surface area (Å²) in [6.07, 6.45) is 0. The predicted octanol–water partition coefficient (Wildman–Crippen LogP) is 3.51. The van der Waals surface area contributed by atoms with Crippen LogP contribution in [0.2, 0.25) is 0 Å². The van der Waals surface area contributed by atoms with Crippen LogP contribution in [0.3, 0.4) is 0 Å². The number of halogens is 1. The van der Waals surface area contributed by atoms with E-state index in [0.717, 1.165) is 39.4 Å². The van der Waals surface area contributed by atoms with Crippen LogP contribution in [-0.4, -0.2) is 31.2 Å². The number of hydrogen-bond acceptors (Lipinski definition) is 3. The standard InChI is InChI=1S/C20H25FN2O/c1-16(19-7-2-3-8-20(19)21)22-14-17-5-4-6-18(13-17)15-23-9-11-24-12-10-23/h2-8,13,16,22H,9-12,14-15H2,1H3/t16-/m0/s1. The van der Waals surface area contributed by atoms with Gasteiger partial charge in [0.15, 0.2) is 0 Å². The van der Waals surface area contributed by atoms with Gasteiger partial charge in [0.2, 0.25) is 0 Å². The van der Waals surface area contributed by atoms with Gasteiger partial charge in [0.1, 0.15) is 5.82 Å². The number of nitrogens with one attached hydrogen (secondary N) is 1. The lowest BCUT2D eigenvalue weighted by atomic mass is 10.1. The van der Waals surface area contributed by atoms with Crippen molar-refractivity contribution in [3.8, 4) is 0 Å². The van der Waals surface area contributed by atoms with E-state index in [-0.39, 0.29) is 11.9 Å². The van der Waals surface area contributed by atoms with Crippen molar-refractivity contribution in [1.29, 1.82) is 0 Å². The molecule has 0 aliphatic carbocycles. The molecule has 0 saturated carbocycles. The number of rotatable bonds is 6. The Labute approximate surface area is 143 Å². The molecule has 0 spiro atoms. The van der Waals surface area contributed by atoms with Crippen molar-refractivity contribution >= 4 is 0 Å². The average Bonchev–Trinajstić information content (AvgIpc) is 2.61. The molecule has 24 heavy (non-hydrogen) atoms. The van der Waals surface area contributed by atoms with Crippen LogP contribution in [-0.2, 0) is 17.8 Å². The summed E-state index contributed by atoms with van der Waals surface area (Å²) in [6.45, 7) is 7.31. The molecule has 2 aromatic carbocycles.